The first-order valence-corrected chi connectivity index (χ1v) is 10.8. The molecule has 7 nitrogen and oxygen atoms in total. The quantitative estimate of drug-likeness (QED) is 0.714. The Morgan fingerprint density at radius 1 is 1.27 bits per heavy atom. The molecule has 6 rings (SSSR count). The van der Waals surface area contributed by atoms with Gasteiger partial charge >= 0.3 is 0 Å². The summed E-state index contributed by atoms with van der Waals surface area (Å²) in [5.41, 5.74) is 4.67. The molecule has 2 aromatic heterocycles. The highest BCUT2D eigenvalue weighted by atomic mass is 16.5. The second kappa shape index (κ2) is 6.75. The molecule has 0 amide bonds. The Morgan fingerprint density at radius 3 is 2.97 bits per heavy atom. The van der Waals surface area contributed by atoms with Gasteiger partial charge in [-0.05, 0) is 73.8 Å². The fourth-order valence-electron chi connectivity index (χ4n) is 5.44. The van der Waals surface area contributed by atoms with Gasteiger partial charge in [0, 0.05) is 11.6 Å². The van der Waals surface area contributed by atoms with E-state index >= 15 is 0 Å². The number of fused-ring (bicyclic) bond motifs is 3. The van der Waals surface area contributed by atoms with Crippen molar-refractivity contribution in [1.82, 2.24) is 20.0 Å². The van der Waals surface area contributed by atoms with Crippen LogP contribution in [0.1, 0.15) is 61.6 Å². The molecular weight excluding hydrogens is 380 g/mol. The lowest BCUT2D eigenvalue weighted by Crippen LogP contribution is -2.50. The van der Waals surface area contributed by atoms with Crippen molar-refractivity contribution in [2.45, 2.75) is 63.9 Å². The molecule has 1 aromatic carbocycles. The molecule has 156 valence electrons. The summed E-state index contributed by atoms with van der Waals surface area (Å²) in [6.45, 7) is 3.39. The molecule has 1 N–H and O–H groups in total. The van der Waals surface area contributed by atoms with Crippen LogP contribution in [0, 0.1) is 5.41 Å². The van der Waals surface area contributed by atoms with Gasteiger partial charge in [-0.15, -0.1) is 5.10 Å². The average Bonchev–Trinajstić information content (AvgIpc) is 3.19. The van der Waals surface area contributed by atoms with E-state index in [1.165, 1.54) is 11.1 Å². The number of hydrogen-bond acceptors (Lipinski definition) is 6. The zero-order valence-corrected chi connectivity index (χ0v) is 17.1. The fraction of sp³-hybridized carbons (Fsp3) is 0.522. The molecule has 3 heterocycles. The molecule has 3 aromatic rings. The maximum Gasteiger partial charge on any atom is 0.141 e. The average molecular weight is 406 g/mol. The summed E-state index contributed by atoms with van der Waals surface area (Å²) in [6, 6.07) is 6.47. The lowest BCUT2D eigenvalue weighted by molar-refractivity contribution is -0.108. The van der Waals surface area contributed by atoms with Crippen molar-refractivity contribution in [1.29, 1.82) is 0 Å². The van der Waals surface area contributed by atoms with Crippen LogP contribution >= 0.6 is 0 Å². The van der Waals surface area contributed by atoms with Crippen molar-refractivity contribution in [3.05, 3.63) is 47.4 Å². The maximum absolute atomic E-state index is 9.59. The van der Waals surface area contributed by atoms with Gasteiger partial charge in [0.25, 0.3) is 0 Å². The highest BCUT2D eigenvalue weighted by Crippen LogP contribution is 2.60. The predicted octanol–water partition coefficient (Wildman–Crippen LogP) is 3.52. The van der Waals surface area contributed by atoms with Crippen LogP contribution in [-0.4, -0.2) is 37.8 Å². The first-order valence-electron chi connectivity index (χ1n) is 10.8. The number of aliphatic hydroxyl groups is 1. The molecule has 1 aliphatic heterocycles. The van der Waals surface area contributed by atoms with E-state index in [1.54, 1.807) is 0 Å². The Hall–Kier alpha value is -2.51. The van der Waals surface area contributed by atoms with Crippen molar-refractivity contribution in [3.8, 4) is 5.75 Å². The Morgan fingerprint density at radius 2 is 2.13 bits per heavy atom. The largest absolute Gasteiger partial charge is 0.484 e. The van der Waals surface area contributed by atoms with Crippen molar-refractivity contribution >= 4 is 10.9 Å². The van der Waals surface area contributed by atoms with E-state index in [0.717, 1.165) is 61.1 Å². The lowest BCUT2D eigenvalue weighted by atomic mass is 9.53. The minimum absolute atomic E-state index is 0.0963. The van der Waals surface area contributed by atoms with E-state index < -0.39 is 0 Å². The molecule has 1 atom stereocenters. The van der Waals surface area contributed by atoms with Crippen LogP contribution < -0.4 is 4.74 Å². The van der Waals surface area contributed by atoms with Gasteiger partial charge in [0.2, 0.25) is 0 Å². The Kier molecular flexibility index (Phi) is 4.11. The topological polar surface area (TPSA) is 82.3 Å². The molecule has 0 radical (unpaired) electrons. The van der Waals surface area contributed by atoms with Crippen molar-refractivity contribution in [3.63, 3.8) is 0 Å². The molecule has 2 fully saturated rings. The van der Waals surface area contributed by atoms with Gasteiger partial charge in [-0.25, -0.2) is 4.68 Å². The van der Waals surface area contributed by atoms with Crippen LogP contribution in [0.15, 0.2) is 30.6 Å². The second-order valence-corrected chi connectivity index (χ2v) is 9.25. The molecule has 7 heteroatoms. The highest BCUT2D eigenvalue weighted by Gasteiger charge is 2.53. The van der Waals surface area contributed by atoms with E-state index in [-0.39, 0.29) is 12.2 Å². The molecular formula is C23H26N4O3. The summed E-state index contributed by atoms with van der Waals surface area (Å²) in [4.78, 5) is 4.56. The Bertz CT molecular complexity index is 1100. The minimum atomic E-state index is -0.188. The van der Waals surface area contributed by atoms with E-state index in [1.807, 2.05) is 36.1 Å². The number of rotatable bonds is 4. The number of aliphatic hydroxyl groups excluding tert-OH is 1. The van der Waals surface area contributed by atoms with Crippen LogP contribution in [0.4, 0.5) is 0 Å². The van der Waals surface area contributed by atoms with Crippen LogP contribution in [0.3, 0.4) is 0 Å². The molecule has 30 heavy (non-hydrogen) atoms. The third-order valence-electron chi connectivity index (χ3n) is 7.10. The molecule has 0 bridgehead atoms. The molecule has 3 aliphatic rings. The highest BCUT2D eigenvalue weighted by molar-refractivity contribution is 5.84. The van der Waals surface area contributed by atoms with Gasteiger partial charge in [0.15, 0.2) is 0 Å². The van der Waals surface area contributed by atoms with Gasteiger partial charge in [-0.1, -0.05) is 5.21 Å². The standard InChI is InChI=1S/C23H26N4O3/c1-14(22-12-27(26-25-22)16-7-23(8-16)9-17(28)10-23)30-18-2-3-21-20(6-18)19-4-5-29-13-15(19)11-24-21/h2-3,6,11-12,14,16-17,28H,4-5,7-10,13H2,1H3. The third kappa shape index (κ3) is 2.99. The van der Waals surface area contributed by atoms with Crippen LogP contribution in [0.5, 0.6) is 5.75 Å². The van der Waals surface area contributed by atoms with Gasteiger partial charge in [0.05, 0.1) is 37.1 Å². The maximum atomic E-state index is 9.59. The third-order valence-corrected chi connectivity index (χ3v) is 7.10. The van der Waals surface area contributed by atoms with E-state index in [2.05, 4.69) is 21.4 Å². The number of pyridine rings is 1. The number of ether oxygens (including phenoxy) is 2. The van der Waals surface area contributed by atoms with Crippen LogP contribution in [-0.2, 0) is 17.8 Å². The number of hydrogen-bond donors (Lipinski definition) is 1. The van der Waals surface area contributed by atoms with Crippen LogP contribution in [0.25, 0.3) is 10.9 Å². The summed E-state index contributed by atoms with van der Waals surface area (Å²) in [7, 11) is 0. The number of aromatic nitrogens is 4. The zero-order chi connectivity index (χ0) is 20.3. The molecule has 1 spiro atoms. The number of nitrogens with zero attached hydrogens (tertiary/aromatic N) is 4. The molecule has 2 saturated carbocycles. The first-order chi connectivity index (χ1) is 14.6. The van der Waals surface area contributed by atoms with E-state index in [4.69, 9.17) is 9.47 Å². The molecule has 0 saturated heterocycles. The van der Waals surface area contributed by atoms with Gasteiger partial charge in [-0.3, -0.25) is 4.98 Å². The van der Waals surface area contributed by atoms with Crippen LogP contribution in [0.2, 0.25) is 0 Å². The van der Waals surface area contributed by atoms with E-state index in [0.29, 0.717) is 18.1 Å². The van der Waals surface area contributed by atoms with Crippen molar-refractivity contribution in [2.24, 2.45) is 5.41 Å². The van der Waals surface area contributed by atoms with Crippen molar-refractivity contribution < 1.29 is 14.6 Å². The lowest BCUT2D eigenvalue weighted by Gasteiger charge is -2.56. The number of benzene rings is 1. The molecule has 2 aliphatic carbocycles. The monoisotopic (exact) mass is 406 g/mol. The zero-order valence-electron chi connectivity index (χ0n) is 17.1. The Labute approximate surface area is 175 Å². The van der Waals surface area contributed by atoms with Crippen molar-refractivity contribution in [2.75, 3.05) is 6.61 Å². The minimum Gasteiger partial charge on any atom is -0.484 e. The van der Waals surface area contributed by atoms with Gasteiger partial charge in [-0.2, -0.15) is 0 Å². The summed E-state index contributed by atoms with van der Waals surface area (Å²) in [6.07, 6.45) is 8.62. The fourth-order valence-corrected chi connectivity index (χ4v) is 5.44. The first kappa shape index (κ1) is 18.3. The second-order valence-electron chi connectivity index (χ2n) is 9.25. The Balaban J connectivity index is 1.18. The summed E-state index contributed by atoms with van der Waals surface area (Å²) in [5, 5.41) is 19.5. The summed E-state index contributed by atoms with van der Waals surface area (Å²) in [5.74, 6) is 0.817. The van der Waals surface area contributed by atoms with Gasteiger partial charge < -0.3 is 14.6 Å². The summed E-state index contributed by atoms with van der Waals surface area (Å²) < 4.78 is 13.8. The smallest absolute Gasteiger partial charge is 0.141 e. The normalized spacial score (nSPS) is 28.6. The van der Waals surface area contributed by atoms with Gasteiger partial charge in [0.1, 0.15) is 17.5 Å². The molecule has 1 unspecified atom stereocenters. The predicted molar refractivity (Wildman–Crippen MR) is 110 cm³/mol. The van der Waals surface area contributed by atoms with E-state index in [9.17, 15) is 5.11 Å². The summed E-state index contributed by atoms with van der Waals surface area (Å²) >= 11 is 0. The SMILES string of the molecule is CC(Oc1ccc2ncc3c(c2c1)CCOC3)c1cn(C2CC3(CC(O)C3)C2)nn1.